The molecular formula is C39H43N9O4. The highest BCUT2D eigenvalue weighted by Gasteiger charge is 2.51. The first kappa shape index (κ1) is 33.9. The molecule has 268 valence electrons. The van der Waals surface area contributed by atoms with Gasteiger partial charge in [-0.1, -0.05) is 36.4 Å². The van der Waals surface area contributed by atoms with Crippen LogP contribution in [0.5, 0.6) is 5.88 Å². The third kappa shape index (κ3) is 6.61. The van der Waals surface area contributed by atoms with E-state index in [9.17, 15) is 9.59 Å². The number of amides is 2. The maximum Gasteiger partial charge on any atom is 0.237 e. The lowest BCUT2D eigenvalue weighted by Gasteiger charge is -2.29. The number of likely N-dealkylation sites (tertiary alicyclic amines) is 1. The highest BCUT2D eigenvalue weighted by atomic mass is 16.5. The van der Waals surface area contributed by atoms with Crippen LogP contribution in [0.1, 0.15) is 55.5 Å². The number of aliphatic imine (C=N–C) groups is 1. The van der Waals surface area contributed by atoms with E-state index in [0.29, 0.717) is 63.3 Å². The molecule has 1 spiro atoms. The number of ether oxygens (including phenoxy) is 1. The van der Waals surface area contributed by atoms with Crippen LogP contribution in [-0.4, -0.2) is 109 Å². The maximum absolute atomic E-state index is 14.0. The fourth-order valence-electron chi connectivity index (χ4n) is 7.69. The van der Waals surface area contributed by atoms with Crippen LogP contribution in [-0.2, 0) is 22.7 Å². The summed E-state index contributed by atoms with van der Waals surface area (Å²) in [6.45, 7) is 8.35. The van der Waals surface area contributed by atoms with Crippen molar-refractivity contribution in [3.05, 3.63) is 89.5 Å². The normalized spacial score (nSPS) is 20.2. The zero-order chi connectivity index (χ0) is 35.8. The number of aromatic nitrogens is 5. The number of nitrogens with zero attached hydrogens (tertiary/aromatic N) is 9. The molecule has 4 aliphatic rings. The number of anilines is 1. The molecule has 7 heterocycles. The van der Waals surface area contributed by atoms with E-state index in [1.807, 2.05) is 60.0 Å². The molecule has 3 aromatic heterocycles. The summed E-state index contributed by atoms with van der Waals surface area (Å²) in [7, 11) is 0. The van der Waals surface area contributed by atoms with Gasteiger partial charge in [-0.2, -0.15) is 5.10 Å². The number of hydrogen-bond acceptors (Lipinski definition) is 10. The van der Waals surface area contributed by atoms with Gasteiger partial charge in [0, 0.05) is 55.1 Å². The molecule has 0 saturated carbocycles. The van der Waals surface area contributed by atoms with Crippen LogP contribution >= 0.6 is 0 Å². The molecule has 0 unspecified atom stereocenters. The smallest absolute Gasteiger partial charge is 0.237 e. The molecule has 8 rings (SSSR count). The number of aliphatic hydroxyl groups excluding tert-OH is 1. The highest BCUT2D eigenvalue weighted by molar-refractivity contribution is 6.14. The van der Waals surface area contributed by atoms with Gasteiger partial charge in [0.2, 0.25) is 17.7 Å². The highest BCUT2D eigenvalue weighted by Crippen LogP contribution is 2.42. The van der Waals surface area contributed by atoms with Crippen molar-refractivity contribution in [1.82, 2.24) is 34.5 Å². The summed E-state index contributed by atoms with van der Waals surface area (Å²) in [5.41, 5.74) is 6.23. The Morgan fingerprint density at radius 3 is 2.54 bits per heavy atom. The third-order valence-electron chi connectivity index (χ3n) is 10.5. The quantitative estimate of drug-likeness (QED) is 0.263. The van der Waals surface area contributed by atoms with Gasteiger partial charge in [-0.15, -0.1) is 0 Å². The van der Waals surface area contributed by atoms with E-state index in [-0.39, 0.29) is 24.5 Å². The van der Waals surface area contributed by atoms with Gasteiger partial charge in [-0.25, -0.2) is 15.0 Å². The molecule has 0 aliphatic carbocycles. The first-order valence-corrected chi connectivity index (χ1v) is 18.1. The molecule has 4 aromatic rings. The van der Waals surface area contributed by atoms with E-state index in [4.69, 9.17) is 19.8 Å². The van der Waals surface area contributed by atoms with E-state index < -0.39 is 5.41 Å². The van der Waals surface area contributed by atoms with Crippen LogP contribution in [0.15, 0.2) is 72.1 Å². The van der Waals surface area contributed by atoms with E-state index in [1.165, 1.54) is 5.57 Å². The van der Waals surface area contributed by atoms with Crippen LogP contribution in [0.2, 0.25) is 0 Å². The van der Waals surface area contributed by atoms with Crippen LogP contribution in [0.3, 0.4) is 0 Å². The van der Waals surface area contributed by atoms with Gasteiger partial charge in [0.1, 0.15) is 12.1 Å². The van der Waals surface area contributed by atoms with E-state index >= 15 is 0 Å². The second kappa shape index (κ2) is 14.0. The predicted molar refractivity (Wildman–Crippen MR) is 196 cm³/mol. The van der Waals surface area contributed by atoms with Crippen molar-refractivity contribution in [3.8, 4) is 17.3 Å². The Hall–Kier alpha value is -5.27. The molecule has 2 amide bonds. The molecule has 13 heteroatoms. The number of aliphatic hydroxyl groups is 1. The molecule has 2 saturated heterocycles. The predicted octanol–water partition coefficient (Wildman–Crippen LogP) is 3.61. The molecule has 52 heavy (non-hydrogen) atoms. The molecule has 13 nitrogen and oxygen atoms in total. The van der Waals surface area contributed by atoms with E-state index in [2.05, 4.69) is 38.2 Å². The molecule has 1 aromatic carbocycles. The molecular weight excluding hydrogens is 658 g/mol. The summed E-state index contributed by atoms with van der Waals surface area (Å²) in [6.07, 6.45) is 7.83. The van der Waals surface area contributed by atoms with E-state index in [1.54, 1.807) is 17.2 Å². The lowest BCUT2D eigenvalue weighted by atomic mass is 9.85. The second-order valence-electron chi connectivity index (χ2n) is 14.3. The number of carbonyl (C=O) groups is 2. The number of hydrogen-bond donors (Lipinski definition) is 1. The SMILES string of the molecule is CC(C)Oc1ccc(C2=NCc3ccc(N4CC[C@]5(CCN(CC(=O)N6CC=C(c7ccc(-c8ncn(CCO)n8)cc7)CC6)C5)C4=O)nc32)cn1. The lowest BCUT2D eigenvalue weighted by Crippen LogP contribution is -2.43. The van der Waals surface area contributed by atoms with Crippen molar-refractivity contribution in [2.45, 2.75) is 52.3 Å². The van der Waals surface area contributed by atoms with Gasteiger partial charge in [0.05, 0.1) is 49.2 Å². The molecule has 2 fully saturated rings. The monoisotopic (exact) mass is 701 g/mol. The van der Waals surface area contributed by atoms with E-state index in [0.717, 1.165) is 59.5 Å². The average Bonchev–Trinajstić information content (AvgIpc) is 3.96. The Balaban J connectivity index is 0.864. The van der Waals surface area contributed by atoms with Crippen LogP contribution in [0.4, 0.5) is 5.82 Å². The van der Waals surface area contributed by atoms with Crippen molar-refractivity contribution in [1.29, 1.82) is 0 Å². The summed E-state index contributed by atoms with van der Waals surface area (Å²) in [5, 5.41) is 13.5. The standard InChI is InChI=1S/C39H43N9O4/c1-26(2)52-33-10-8-30(21-40-33)35-36-31(22-41-35)7-9-32(43-36)48-18-14-39(38(48)51)13-17-45(24-39)23-34(50)46-15-11-28(12-16-46)27-3-5-29(6-4-27)37-42-25-47(44-37)19-20-49/h3-11,21,25-26,49H,12-20,22-24H2,1-2H3/t39-/m0/s1. The van der Waals surface area contributed by atoms with Gasteiger partial charge < -0.3 is 14.7 Å². The van der Waals surface area contributed by atoms with Crippen molar-refractivity contribution >= 4 is 28.9 Å². The molecule has 1 N–H and O–H groups in total. The fraction of sp³-hybridized carbons (Fsp3) is 0.410. The van der Waals surface area contributed by atoms with Crippen molar-refractivity contribution in [2.24, 2.45) is 10.4 Å². The number of pyridine rings is 2. The Labute approximate surface area is 302 Å². The van der Waals surface area contributed by atoms with Crippen LogP contribution in [0, 0.1) is 5.41 Å². The van der Waals surface area contributed by atoms with Gasteiger partial charge in [0.25, 0.3) is 0 Å². The zero-order valence-electron chi connectivity index (χ0n) is 29.6. The summed E-state index contributed by atoms with van der Waals surface area (Å²) < 4.78 is 7.33. The van der Waals surface area contributed by atoms with Gasteiger partial charge in [-0.3, -0.25) is 29.1 Å². The number of fused-ring (bicyclic) bond motifs is 1. The third-order valence-corrected chi connectivity index (χ3v) is 10.5. The van der Waals surface area contributed by atoms with Crippen molar-refractivity contribution < 1.29 is 19.4 Å². The zero-order valence-corrected chi connectivity index (χ0v) is 29.6. The minimum atomic E-state index is -0.498. The Morgan fingerprint density at radius 2 is 1.79 bits per heavy atom. The summed E-state index contributed by atoms with van der Waals surface area (Å²) in [4.78, 5) is 51.9. The topological polar surface area (TPSA) is 142 Å². The Kier molecular flexibility index (Phi) is 9.14. The summed E-state index contributed by atoms with van der Waals surface area (Å²) in [5.74, 6) is 2.03. The second-order valence-corrected chi connectivity index (χ2v) is 14.3. The lowest BCUT2D eigenvalue weighted by molar-refractivity contribution is -0.132. The molecule has 0 bridgehead atoms. The first-order chi connectivity index (χ1) is 25.3. The first-order valence-electron chi connectivity index (χ1n) is 18.1. The average molecular weight is 702 g/mol. The van der Waals surface area contributed by atoms with Crippen LogP contribution in [0.25, 0.3) is 17.0 Å². The fourth-order valence-corrected chi connectivity index (χ4v) is 7.69. The minimum Gasteiger partial charge on any atom is -0.475 e. The Morgan fingerprint density at radius 1 is 0.981 bits per heavy atom. The van der Waals surface area contributed by atoms with Gasteiger partial charge >= 0.3 is 0 Å². The number of rotatable bonds is 10. The molecule has 4 aliphatic heterocycles. The number of benzene rings is 1. The van der Waals surface area contributed by atoms with Crippen molar-refractivity contribution in [2.75, 3.05) is 50.8 Å². The van der Waals surface area contributed by atoms with Crippen LogP contribution < -0.4 is 9.64 Å². The summed E-state index contributed by atoms with van der Waals surface area (Å²) >= 11 is 0. The summed E-state index contributed by atoms with van der Waals surface area (Å²) in [6, 6.07) is 15.9. The largest absolute Gasteiger partial charge is 0.475 e. The van der Waals surface area contributed by atoms with Crippen molar-refractivity contribution in [3.63, 3.8) is 0 Å². The Bertz CT molecular complexity index is 2040. The van der Waals surface area contributed by atoms with Gasteiger partial charge in [-0.05, 0) is 62.9 Å². The minimum absolute atomic E-state index is 0.0177. The molecule has 0 radical (unpaired) electrons. The maximum atomic E-state index is 14.0. The molecule has 1 atom stereocenters. The number of carbonyl (C=O) groups excluding carboxylic acids is 2. The van der Waals surface area contributed by atoms with Gasteiger partial charge in [0.15, 0.2) is 5.82 Å².